The van der Waals surface area contributed by atoms with Gasteiger partial charge in [-0.15, -0.1) is 0 Å². The molecule has 8 nitrogen and oxygen atoms in total. The average Bonchev–Trinajstić information content (AvgIpc) is 3.21. The lowest BCUT2D eigenvalue weighted by molar-refractivity contribution is -0.133. The van der Waals surface area contributed by atoms with Crippen LogP contribution < -0.4 is 14.8 Å². The highest BCUT2D eigenvalue weighted by atomic mass is 16.5. The van der Waals surface area contributed by atoms with E-state index >= 15 is 0 Å². The molecule has 1 aliphatic heterocycles. The van der Waals surface area contributed by atoms with Crippen LogP contribution in [-0.2, 0) is 16.1 Å². The number of nitrogens with zero attached hydrogens (tertiary/aromatic N) is 2. The van der Waals surface area contributed by atoms with Crippen LogP contribution >= 0.6 is 0 Å². The number of nitrogens with one attached hydrogen (secondary N) is 1. The van der Waals surface area contributed by atoms with E-state index in [1.165, 1.54) is 6.42 Å². The van der Waals surface area contributed by atoms with Gasteiger partial charge in [-0.05, 0) is 44.4 Å². The van der Waals surface area contributed by atoms with Crippen molar-refractivity contribution in [3.05, 3.63) is 23.9 Å². The summed E-state index contributed by atoms with van der Waals surface area (Å²) in [5.41, 5.74) is 0.275. The predicted octanol–water partition coefficient (Wildman–Crippen LogP) is 3.36. The normalized spacial score (nSPS) is 21.2. The molecule has 1 fully saturated rings. The van der Waals surface area contributed by atoms with E-state index in [0.29, 0.717) is 43.3 Å². The lowest BCUT2D eigenvalue weighted by atomic mass is 9.91. The van der Waals surface area contributed by atoms with E-state index in [1.54, 1.807) is 26.2 Å². The number of carbonyl (C=O) groups excluding carboxylic acids is 2. The van der Waals surface area contributed by atoms with E-state index in [0.717, 1.165) is 36.6 Å². The van der Waals surface area contributed by atoms with Crippen LogP contribution in [0.2, 0.25) is 0 Å². The highest BCUT2D eigenvalue weighted by molar-refractivity contribution is 6.05. The molecule has 0 unspecified atom stereocenters. The van der Waals surface area contributed by atoms with Crippen molar-refractivity contribution < 1.29 is 23.8 Å². The van der Waals surface area contributed by atoms with E-state index in [4.69, 9.17) is 14.2 Å². The molecule has 0 bridgehead atoms. The zero-order valence-corrected chi connectivity index (χ0v) is 20.1. The van der Waals surface area contributed by atoms with E-state index in [2.05, 4.69) is 5.32 Å². The van der Waals surface area contributed by atoms with Crippen LogP contribution in [0.1, 0.15) is 55.9 Å². The number of fused-ring (bicyclic) bond motifs is 3. The number of hydrogen-bond acceptors (Lipinski definition) is 5. The SMILES string of the molecule is COCCCN1C(=O)c2cc3c(OC)ccc(OC)c3n2C[C@]1(C)C(=O)NC1CCCCC1. The lowest BCUT2D eigenvalue weighted by Gasteiger charge is -2.45. The molecule has 1 atom stereocenters. The van der Waals surface area contributed by atoms with Gasteiger partial charge in [0, 0.05) is 31.7 Å². The van der Waals surface area contributed by atoms with Crippen molar-refractivity contribution in [2.24, 2.45) is 0 Å². The van der Waals surface area contributed by atoms with Gasteiger partial charge in [0.05, 0.1) is 26.3 Å². The van der Waals surface area contributed by atoms with Crippen LogP contribution in [0.15, 0.2) is 18.2 Å². The van der Waals surface area contributed by atoms with E-state index in [-0.39, 0.29) is 17.9 Å². The fourth-order valence-electron chi connectivity index (χ4n) is 5.26. The van der Waals surface area contributed by atoms with Crippen molar-refractivity contribution in [2.45, 2.75) is 63.6 Å². The monoisotopic (exact) mass is 457 g/mol. The maximum atomic E-state index is 13.8. The predicted molar refractivity (Wildman–Crippen MR) is 126 cm³/mol. The number of rotatable bonds is 8. The van der Waals surface area contributed by atoms with Gasteiger partial charge in [-0.3, -0.25) is 9.59 Å². The summed E-state index contributed by atoms with van der Waals surface area (Å²) >= 11 is 0. The lowest BCUT2D eigenvalue weighted by Crippen LogP contribution is -2.65. The third kappa shape index (κ3) is 4.16. The van der Waals surface area contributed by atoms with Crippen LogP contribution in [0, 0.1) is 0 Å². The third-order valence-electron chi connectivity index (χ3n) is 7.11. The molecule has 8 heteroatoms. The molecular weight excluding hydrogens is 422 g/mol. The Labute approximate surface area is 195 Å². The minimum absolute atomic E-state index is 0.102. The minimum Gasteiger partial charge on any atom is -0.496 e. The first-order valence-corrected chi connectivity index (χ1v) is 11.8. The van der Waals surface area contributed by atoms with Crippen molar-refractivity contribution in [1.29, 1.82) is 0 Å². The van der Waals surface area contributed by atoms with Crippen LogP contribution in [-0.4, -0.2) is 67.3 Å². The Morgan fingerprint density at radius 2 is 1.82 bits per heavy atom. The number of amides is 2. The van der Waals surface area contributed by atoms with Crippen molar-refractivity contribution in [1.82, 2.24) is 14.8 Å². The number of hydrogen-bond donors (Lipinski definition) is 1. The minimum atomic E-state index is -1.03. The Bertz CT molecular complexity index is 1030. The first kappa shape index (κ1) is 23.4. The molecule has 1 aliphatic carbocycles. The number of aromatic nitrogens is 1. The zero-order valence-electron chi connectivity index (χ0n) is 20.1. The molecule has 180 valence electrons. The number of ether oxygens (including phenoxy) is 3. The van der Waals surface area contributed by atoms with Gasteiger partial charge in [0.15, 0.2) is 0 Å². The smallest absolute Gasteiger partial charge is 0.271 e. The van der Waals surface area contributed by atoms with Crippen molar-refractivity contribution in [3.8, 4) is 11.5 Å². The zero-order chi connectivity index (χ0) is 23.6. The topological polar surface area (TPSA) is 82.0 Å². The summed E-state index contributed by atoms with van der Waals surface area (Å²) < 4.78 is 18.3. The van der Waals surface area contributed by atoms with Crippen molar-refractivity contribution in [2.75, 3.05) is 34.5 Å². The number of methoxy groups -OCH3 is 3. The fraction of sp³-hybridized carbons (Fsp3) is 0.600. The second-order valence-electron chi connectivity index (χ2n) is 9.23. The molecule has 0 spiro atoms. The standard InChI is InChI=1S/C25H35N3O5/c1-25(24(30)26-17-9-6-5-7-10-17)16-27-19(23(29)28(25)13-8-14-31-2)15-18-20(32-3)11-12-21(33-4)22(18)27/h11-12,15,17H,5-10,13-14,16H2,1-4H3,(H,26,30)/t25-/m1/s1. The first-order valence-electron chi connectivity index (χ1n) is 11.8. The highest BCUT2D eigenvalue weighted by Crippen LogP contribution is 2.40. The molecule has 1 aromatic carbocycles. The Morgan fingerprint density at radius 3 is 2.48 bits per heavy atom. The van der Waals surface area contributed by atoms with Gasteiger partial charge in [0.2, 0.25) is 5.91 Å². The molecule has 2 aliphatic rings. The van der Waals surface area contributed by atoms with Gasteiger partial charge >= 0.3 is 0 Å². The summed E-state index contributed by atoms with van der Waals surface area (Å²) in [4.78, 5) is 29.2. The number of benzene rings is 1. The molecule has 1 saturated carbocycles. The molecule has 2 heterocycles. The summed E-state index contributed by atoms with van der Waals surface area (Å²) in [7, 11) is 4.86. The summed E-state index contributed by atoms with van der Waals surface area (Å²) in [5, 5.41) is 4.06. The molecular formula is C25H35N3O5. The van der Waals surface area contributed by atoms with Crippen LogP contribution in [0.5, 0.6) is 11.5 Å². The molecule has 2 amide bonds. The summed E-state index contributed by atoms with van der Waals surface area (Å²) in [6.45, 7) is 3.18. The Kier molecular flexibility index (Phi) is 6.83. The van der Waals surface area contributed by atoms with Gasteiger partial charge in [-0.1, -0.05) is 19.3 Å². The van der Waals surface area contributed by atoms with E-state index in [1.807, 2.05) is 29.7 Å². The van der Waals surface area contributed by atoms with E-state index in [9.17, 15) is 9.59 Å². The molecule has 1 N–H and O–H groups in total. The quantitative estimate of drug-likeness (QED) is 0.615. The van der Waals surface area contributed by atoms with Gasteiger partial charge in [-0.25, -0.2) is 0 Å². The first-order chi connectivity index (χ1) is 15.9. The Hall–Kier alpha value is -2.74. The fourth-order valence-corrected chi connectivity index (χ4v) is 5.26. The third-order valence-corrected chi connectivity index (χ3v) is 7.11. The maximum Gasteiger partial charge on any atom is 0.271 e. The summed E-state index contributed by atoms with van der Waals surface area (Å²) in [6.07, 6.45) is 6.10. The molecule has 1 aromatic heterocycles. The average molecular weight is 458 g/mol. The highest BCUT2D eigenvalue weighted by Gasteiger charge is 2.48. The number of carbonyl (C=O) groups is 2. The second kappa shape index (κ2) is 9.63. The summed E-state index contributed by atoms with van der Waals surface area (Å²) in [6, 6.07) is 5.68. The molecule has 2 aromatic rings. The van der Waals surface area contributed by atoms with Crippen LogP contribution in [0.4, 0.5) is 0 Å². The Balaban J connectivity index is 1.78. The largest absolute Gasteiger partial charge is 0.496 e. The molecule has 33 heavy (non-hydrogen) atoms. The van der Waals surface area contributed by atoms with Crippen LogP contribution in [0.25, 0.3) is 10.9 Å². The van der Waals surface area contributed by atoms with Gasteiger partial charge in [0.25, 0.3) is 5.91 Å². The Morgan fingerprint density at radius 1 is 1.12 bits per heavy atom. The molecule has 4 rings (SSSR count). The van der Waals surface area contributed by atoms with Crippen molar-refractivity contribution >= 4 is 22.7 Å². The molecule has 0 radical (unpaired) electrons. The van der Waals surface area contributed by atoms with E-state index < -0.39 is 5.54 Å². The van der Waals surface area contributed by atoms with Crippen LogP contribution in [0.3, 0.4) is 0 Å². The van der Waals surface area contributed by atoms with Gasteiger partial charge < -0.3 is 29.0 Å². The van der Waals surface area contributed by atoms with Gasteiger partial charge in [-0.2, -0.15) is 0 Å². The van der Waals surface area contributed by atoms with Gasteiger partial charge in [0.1, 0.15) is 22.7 Å². The molecule has 0 saturated heterocycles. The summed E-state index contributed by atoms with van der Waals surface area (Å²) in [5.74, 6) is 1.04. The van der Waals surface area contributed by atoms with Crippen molar-refractivity contribution in [3.63, 3.8) is 0 Å². The maximum absolute atomic E-state index is 13.8. The second-order valence-corrected chi connectivity index (χ2v) is 9.23.